The van der Waals surface area contributed by atoms with Crippen LogP contribution >= 0.6 is 11.6 Å². The van der Waals surface area contributed by atoms with Crippen molar-refractivity contribution in [2.75, 3.05) is 11.9 Å². The predicted molar refractivity (Wildman–Crippen MR) is 109 cm³/mol. The third-order valence-corrected chi connectivity index (χ3v) is 4.14. The maximum absolute atomic E-state index is 12.3. The van der Waals surface area contributed by atoms with Crippen LogP contribution in [0, 0.1) is 0 Å². The number of hydrogen-bond donors (Lipinski definition) is 3. The van der Waals surface area contributed by atoms with Crippen molar-refractivity contribution in [1.82, 2.24) is 25.3 Å². The van der Waals surface area contributed by atoms with Gasteiger partial charge >= 0.3 is 0 Å². The molecule has 0 atom stereocenters. The van der Waals surface area contributed by atoms with Gasteiger partial charge in [-0.2, -0.15) is 0 Å². The average Bonchev–Trinajstić information content (AvgIpc) is 3.02. The molecule has 0 fully saturated rings. The van der Waals surface area contributed by atoms with E-state index in [1.165, 1.54) is 0 Å². The van der Waals surface area contributed by atoms with Crippen LogP contribution < -0.4 is 10.6 Å². The molecule has 0 aromatic carbocycles. The van der Waals surface area contributed by atoms with E-state index in [9.17, 15) is 4.79 Å². The Morgan fingerprint density at radius 1 is 1.38 bits per heavy atom. The number of carbonyl (C=O) groups excluding carboxylic acids is 1. The van der Waals surface area contributed by atoms with Crippen molar-refractivity contribution < 1.29 is 9.07 Å². The number of halogens is 1. The Morgan fingerprint density at radius 3 is 2.96 bits per heavy atom. The molecule has 0 saturated carbocycles. The van der Waals surface area contributed by atoms with E-state index in [1.54, 1.807) is 24.7 Å². The maximum Gasteiger partial charge on any atom is 0.245 e. The van der Waals surface area contributed by atoms with Crippen molar-refractivity contribution >= 4 is 34.4 Å². The molecule has 3 aromatic heterocycles. The van der Waals surface area contributed by atoms with Crippen LogP contribution in [0.5, 0.6) is 0 Å². The first-order chi connectivity index (χ1) is 12.4. The molecule has 0 aliphatic heterocycles. The fourth-order valence-electron chi connectivity index (χ4n) is 2.56. The maximum atomic E-state index is 12.3. The van der Waals surface area contributed by atoms with E-state index >= 15 is 0 Å². The average molecular weight is 379 g/mol. The molecular weight excluding hydrogens is 352 g/mol. The van der Waals surface area contributed by atoms with Gasteiger partial charge in [0.25, 0.3) is 0 Å². The van der Waals surface area contributed by atoms with Crippen molar-refractivity contribution in [2.45, 2.75) is 32.7 Å². The molecule has 0 spiro atoms. The Hall–Kier alpha value is -2.67. The summed E-state index contributed by atoms with van der Waals surface area (Å²) in [6.45, 7) is 6.28. The molecular formula is C18H27ClN6O. The fraction of sp³-hybridized carbons (Fsp3) is 0.333. The lowest BCUT2D eigenvalue weighted by Crippen LogP contribution is -2.48. The highest BCUT2D eigenvalue weighted by Gasteiger charge is 2.27. The van der Waals surface area contributed by atoms with E-state index in [0.717, 1.165) is 17.4 Å². The molecule has 8 heteroatoms. The van der Waals surface area contributed by atoms with Crippen LogP contribution in [0.3, 0.4) is 0 Å². The normalized spacial score (nSPS) is 11.5. The molecule has 3 heterocycles. The van der Waals surface area contributed by atoms with E-state index < -0.39 is 5.54 Å². The van der Waals surface area contributed by atoms with Gasteiger partial charge in [-0.1, -0.05) is 18.5 Å². The number of nitrogens with one attached hydrogen (secondary N) is 3. The highest BCUT2D eigenvalue weighted by Crippen LogP contribution is 2.27. The topological polar surface area (TPSA) is 95.6 Å². The van der Waals surface area contributed by atoms with Crippen LogP contribution in [-0.4, -0.2) is 37.9 Å². The first-order valence-electron chi connectivity index (χ1n) is 8.43. The molecule has 0 aliphatic carbocycles. The molecule has 142 valence electrons. The van der Waals surface area contributed by atoms with Crippen LogP contribution in [0.25, 0.3) is 22.4 Å². The van der Waals surface area contributed by atoms with Gasteiger partial charge in [-0.3, -0.25) is 4.79 Å². The minimum atomic E-state index is -0.800. The Labute approximate surface area is 161 Å². The summed E-state index contributed by atoms with van der Waals surface area (Å²) in [4.78, 5) is 28.5. The quantitative estimate of drug-likeness (QED) is 0.599. The second-order valence-corrected chi connectivity index (χ2v) is 6.96. The van der Waals surface area contributed by atoms with Crippen molar-refractivity contribution in [3.8, 4) is 11.4 Å². The number of carbonyl (C=O) groups is 1. The number of amides is 1. The van der Waals surface area contributed by atoms with Crippen molar-refractivity contribution in [2.24, 2.45) is 0 Å². The zero-order valence-electron chi connectivity index (χ0n) is 14.9. The van der Waals surface area contributed by atoms with Crippen LogP contribution in [-0.2, 0) is 4.79 Å². The number of anilines is 1. The molecule has 3 aromatic rings. The molecule has 7 nitrogen and oxygen atoms in total. The van der Waals surface area contributed by atoms with Gasteiger partial charge in [0.2, 0.25) is 5.91 Å². The fourth-order valence-corrected chi connectivity index (χ4v) is 2.72. The Kier molecular flexibility index (Phi) is 5.08. The summed E-state index contributed by atoms with van der Waals surface area (Å²) in [6.07, 6.45) is 5.92. The number of aromatic nitrogens is 4. The summed E-state index contributed by atoms with van der Waals surface area (Å²) < 4.78 is 0. The zero-order valence-corrected chi connectivity index (χ0v) is 15.7. The summed E-state index contributed by atoms with van der Waals surface area (Å²) in [6, 6.07) is 3.56. The third kappa shape index (κ3) is 3.77. The number of pyridine rings is 1. The van der Waals surface area contributed by atoms with Gasteiger partial charge in [0.05, 0.1) is 5.02 Å². The monoisotopic (exact) mass is 378 g/mol. The Morgan fingerprint density at radius 2 is 2.19 bits per heavy atom. The van der Waals surface area contributed by atoms with Crippen LogP contribution in [0.1, 0.15) is 31.5 Å². The summed E-state index contributed by atoms with van der Waals surface area (Å²) in [5, 5.41) is 7.45. The first-order valence-corrected chi connectivity index (χ1v) is 8.81. The van der Waals surface area contributed by atoms with Gasteiger partial charge in [0, 0.05) is 40.4 Å². The van der Waals surface area contributed by atoms with Crippen molar-refractivity contribution in [3.63, 3.8) is 0 Å². The molecule has 3 N–H and O–H groups in total. The molecule has 0 radical (unpaired) electrons. The van der Waals surface area contributed by atoms with Gasteiger partial charge in [-0.05, 0) is 32.4 Å². The molecule has 26 heavy (non-hydrogen) atoms. The molecule has 0 bridgehead atoms. The second kappa shape index (κ2) is 7.29. The number of hydrogen-bond acceptors (Lipinski definition) is 5. The van der Waals surface area contributed by atoms with E-state index in [-0.39, 0.29) is 10.2 Å². The van der Waals surface area contributed by atoms with Gasteiger partial charge in [0.15, 0.2) is 5.82 Å². The molecule has 0 saturated heterocycles. The lowest BCUT2D eigenvalue weighted by molar-refractivity contribution is -0.124. The second-order valence-electron chi connectivity index (χ2n) is 6.52. The minimum absolute atomic E-state index is 0. The highest BCUT2D eigenvalue weighted by atomic mass is 35.5. The minimum Gasteiger partial charge on any atom is -0.356 e. The van der Waals surface area contributed by atoms with E-state index in [1.807, 2.05) is 26.8 Å². The lowest BCUT2D eigenvalue weighted by atomic mass is 10.0. The number of H-pyrrole nitrogens is 1. The Balaban J connectivity index is 0.00000261. The summed E-state index contributed by atoms with van der Waals surface area (Å²) in [7, 11) is 0. The van der Waals surface area contributed by atoms with Crippen LogP contribution in [0.2, 0.25) is 5.02 Å². The van der Waals surface area contributed by atoms with Crippen molar-refractivity contribution in [3.05, 3.63) is 35.7 Å². The molecule has 0 unspecified atom stereocenters. The van der Waals surface area contributed by atoms with Crippen LogP contribution in [0.4, 0.5) is 5.82 Å². The number of rotatable bonds is 6. The summed E-state index contributed by atoms with van der Waals surface area (Å²) in [5.41, 5.74) is 0.712. The number of fused-ring (bicyclic) bond motifs is 1. The first kappa shape index (κ1) is 18.1. The summed E-state index contributed by atoms with van der Waals surface area (Å²) in [5.74, 6) is 1.01. The summed E-state index contributed by atoms with van der Waals surface area (Å²) >= 11 is 6.06. The number of nitrogens with zero attached hydrogens (tertiary/aromatic N) is 3. The zero-order chi connectivity index (χ0) is 18.7. The smallest absolute Gasteiger partial charge is 0.245 e. The highest BCUT2D eigenvalue weighted by molar-refractivity contribution is 6.31. The van der Waals surface area contributed by atoms with Gasteiger partial charge in [-0.25, -0.2) is 15.0 Å². The standard InChI is InChI=1S/C18H21ClN6O.3H2/c1-4-6-21-17(26)18(2,3)25-14-5-7-20-16(24-14)13-10-23-15-12(13)8-11(19)9-22-15;;;/h5,7-10H,4,6H2,1-3H3,(H,21,26)(H,22,23)(H,20,24,25);3*1H. The van der Waals surface area contributed by atoms with Crippen LogP contribution in [0.15, 0.2) is 30.7 Å². The lowest BCUT2D eigenvalue weighted by Gasteiger charge is -2.25. The van der Waals surface area contributed by atoms with E-state index in [0.29, 0.717) is 28.9 Å². The van der Waals surface area contributed by atoms with E-state index in [2.05, 4.69) is 30.6 Å². The SMILES string of the molecule is CCCNC(=O)C(C)(C)Nc1ccnc(-c2c[nH]c3ncc(Cl)cc23)n1.[HH].[HH].[HH]. The predicted octanol–water partition coefficient (Wildman–Crippen LogP) is 4.13. The van der Waals surface area contributed by atoms with Crippen molar-refractivity contribution in [1.29, 1.82) is 0 Å². The molecule has 1 amide bonds. The number of aromatic amines is 1. The van der Waals surface area contributed by atoms with Gasteiger partial charge < -0.3 is 15.6 Å². The van der Waals surface area contributed by atoms with E-state index in [4.69, 9.17) is 11.6 Å². The Bertz CT molecular complexity index is 950. The van der Waals surface area contributed by atoms with Gasteiger partial charge in [-0.15, -0.1) is 0 Å². The largest absolute Gasteiger partial charge is 0.356 e. The molecule has 3 rings (SSSR count). The third-order valence-electron chi connectivity index (χ3n) is 3.94. The molecule has 0 aliphatic rings. The van der Waals surface area contributed by atoms with Gasteiger partial charge in [0.1, 0.15) is 17.0 Å².